The molecule has 0 aliphatic carbocycles. The number of nitrogen functional groups attached to an aromatic ring is 1. The largest absolute Gasteiger partial charge is 0.399 e. The zero-order valence-electron chi connectivity index (χ0n) is 11.0. The summed E-state index contributed by atoms with van der Waals surface area (Å²) in [5, 5.41) is 4.57. The van der Waals surface area contributed by atoms with Crippen LogP contribution >= 0.6 is 0 Å². The smallest absolute Gasteiger partial charge is 0.0743 e. The molecule has 1 heterocycles. The van der Waals surface area contributed by atoms with E-state index in [0.29, 0.717) is 0 Å². The van der Waals surface area contributed by atoms with E-state index in [9.17, 15) is 0 Å². The van der Waals surface area contributed by atoms with Gasteiger partial charge in [-0.25, -0.2) is 0 Å². The van der Waals surface area contributed by atoms with Crippen LogP contribution in [0.4, 0.5) is 11.4 Å². The zero-order valence-corrected chi connectivity index (χ0v) is 11.0. The lowest BCUT2D eigenvalue weighted by Gasteiger charge is -2.15. The summed E-state index contributed by atoms with van der Waals surface area (Å²) >= 11 is 0. The van der Waals surface area contributed by atoms with Gasteiger partial charge in [-0.2, -0.15) is 0 Å². The Balaban J connectivity index is 2.13. The van der Waals surface area contributed by atoms with Gasteiger partial charge in [0.2, 0.25) is 0 Å². The van der Waals surface area contributed by atoms with Crippen LogP contribution in [0, 0.1) is 0 Å². The van der Waals surface area contributed by atoms with Gasteiger partial charge in [0.25, 0.3) is 0 Å². The monoisotopic (exact) mass is 244 g/mol. The number of aromatic nitrogens is 1. The predicted molar refractivity (Wildman–Crippen MR) is 77.8 cm³/mol. The number of nitrogens with zero attached hydrogens (tertiary/aromatic N) is 2. The molecular weight excluding hydrogens is 224 g/mol. The minimum absolute atomic E-state index is 0.748. The van der Waals surface area contributed by atoms with Crippen molar-refractivity contribution in [2.75, 3.05) is 37.7 Å². The Kier molecular flexibility index (Phi) is 3.99. The van der Waals surface area contributed by atoms with Crippen molar-refractivity contribution in [1.29, 1.82) is 0 Å². The molecule has 0 atom stereocenters. The molecule has 0 aliphatic heterocycles. The number of hydrogen-bond donors (Lipinski definition) is 2. The summed E-state index contributed by atoms with van der Waals surface area (Å²) in [6, 6.07) is 7.83. The number of pyridine rings is 1. The molecule has 0 bridgehead atoms. The van der Waals surface area contributed by atoms with E-state index in [1.54, 1.807) is 0 Å². The Hall–Kier alpha value is -1.81. The molecule has 2 rings (SSSR count). The fraction of sp³-hybridized carbons (Fsp3) is 0.357. The fourth-order valence-electron chi connectivity index (χ4n) is 1.86. The highest BCUT2D eigenvalue weighted by Crippen LogP contribution is 2.22. The van der Waals surface area contributed by atoms with Crippen LogP contribution in [-0.2, 0) is 0 Å². The highest BCUT2D eigenvalue weighted by Gasteiger charge is 2.02. The van der Waals surface area contributed by atoms with Crippen molar-refractivity contribution in [3.8, 4) is 0 Å². The number of likely N-dealkylation sites (N-methyl/N-ethyl adjacent to an activating group) is 1. The van der Waals surface area contributed by atoms with Crippen LogP contribution in [0.3, 0.4) is 0 Å². The van der Waals surface area contributed by atoms with Crippen LogP contribution in [0.5, 0.6) is 0 Å². The van der Waals surface area contributed by atoms with E-state index in [0.717, 1.165) is 41.9 Å². The molecule has 0 spiro atoms. The predicted octanol–water partition coefficient (Wildman–Crippen LogP) is 2.18. The number of anilines is 2. The third kappa shape index (κ3) is 2.90. The van der Waals surface area contributed by atoms with Gasteiger partial charge in [-0.15, -0.1) is 0 Å². The van der Waals surface area contributed by atoms with Crippen LogP contribution in [0.1, 0.15) is 6.92 Å². The van der Waals surface area contributed by atoms with Crippen LogP contribution in [0.15, 0.2) is 30.5 Å². The third-order valence-electron chi connectivity index (χ3n) is 3.12. The number of rotatable bonds is 5. The second-order valence-electron chi connectivity index (χ2n) is 4.46. The number of benzene rings is 1. The summed E-state index contributed by atoms with van der Waals surface area (Å²) in [6.07, 6.45) is 1.81. The van der Waals surface area contributed by atoms with Gasteiger partial charge in [0.15, 0.2) is 0 Å². The molecule has 0 fully saturated rings. The van der Waals surface area contributed by atoms with Gasteiger partial charge in [-0.3, -0.25) is 4.98 Å². The molecule has 0 saturated heterocycles. The van der Waals surface area contributed by atoms with Crippen molar-refractivity contribution >= 4 is 22.3 Å². The average molecular weight is 244 g/mol. The van der Waals surface area contributed by atoms with E-state index in [-0.39, 0.29) is 0 Å². The molecule has 96 valence electrons. The molecular formula is C14H20N4. The molecule has 3 N–H and O–H groups in total. The molecule has 4 nitrogen and oxygen atoms in total. The third-order valence-corrected chi connectivity index (χ3v) is 3.12. The van der Waals surface area contributed by atoms with Crippen LogP contribution < -0.4 is 11.1 Å². The summed E-state index contributed by atoms with van der Waals surface area (Å²) < 4.78 is 0. The molecule has 1 aromatic carbocycles. The van der Waals surface area contributed by atoms with Crippen molar-refractivity contribution in [3.05, 3.63) is 30.5 Å². The van der Waals surface area contributed by atoms with Gasteiger partial charge in [-0.1, -0.05) is 6.92 Å². The van der Waals surface area contributed by atoms with Gasteiger partial charge < -0.3 is 16.0 Å². The normalized spacial score (nSPS) is 11.1. The van der Waals surface area contributed by atoms with Crippen LogP contribution in [0.2, 0.25) is 0 Å². The summed E-state index contributed by atoms with van der Waals surface area (Å²) in [5.41, 5.74) is 8.56. The lowest BCUT2D eigenvalue weighted by Crippen LogP contribution is -2.24. The molecule has 0 saturated carbocycles. The van der Waals surface area contributed by atoms with Crippen molar-refractivity contribution in [2.24, 2.45) is 0 Å². The molecule has 0 aliphatic rings. The number of nitrogens with one attached hydrogen (secondary N) is 1. The fourth-order valence-corrected chi connectivity index (χ4v) is 1.86. The lowest BCUT2D eigenvalue weighted by molar-refractivity contribution is 0.367. The summed E-state index contributed by atoms with van der Waals surface area (Å²) in [6.45, 7) is 5.17. The van der Waals surface area contributed by atoms with Gasteiger partial charge in [0, 0.05) is 36.0 Å². The number of fused-ring (bicyclic) bond motifs is 1. The first-order valence-electron chi connectivity index (χ1n) is 6.27. The molecule has 4 heteroatoms. The first-order valence-corrected chi connectivity index (χ1v) is 6.27. The molecule has 0 unspecified atom stereocenters. The maximum Gasteiger partial charge on any atom is 0.0743 e. The number of hydrogen-bond acceptors (Lipinski definition) is 4. The zero-order chi connectivity index (χ0) is 13.0. The van der Waals surface area contributed by atoms with Gasteiger partial charge in [-0.05, 0) is 37.9 Å². The van der Waals surface area contributed by atoms with Crippen LogP contribution in [-0.4, -0.2) is 36.6 Å². The maximum absolute atomic E-state index is 5.76. The average Bonchev–Trinajstić information content (AvgIpc) is 2.38. The van der Waals surface area contributed by atoms with E-state index < -0.39 is 0 Å². The van der Waals surface area contributed by atoms with Crippen molar-refractivity contribution in [1.82, 2.24) is 9.88 Å². The van der Waals surface area contributed by atoms with E-state index in [4.69, 9.17) is 5.73 Å². The second kappa shape index (κ2) is 5.69. The Labute approximate surface area is 108 Å². The van der Waals surface area contributed by atoms with E-state index >= 15 is 0 Å². The van der Waals surface area contributed by atoms with E-state index in [2.05, 4.69) is 29.2 Å². The Bertz CT molecular complexity index is 524. The Morgan fingerprint density at radius 2 is 2.17 bits per heavy atom. The highest BCUT2D eigenvalue weighted by molar-refractivity contribution is 5.92. The first kappa shape index (κ1) is 12.6. The van der Waals surface area contributed by atoms with Gasteiger partial charge in [0.05, 0.1) is 5.52 Å². The van der Waals surface area contributed by atoms with Crippen molar-refractivity contribution in [2.45, 2.75) is 6.92 Å². The molecule has 2 aromatic rings. The SMILES string of the molecule is CCN(C)CCNc1ccnc2cc(N)ccc12. The van der Waals surface area contributed by atoms with Gasteiger partial charge >= 0.3 is 0 Å². The minimum atomic E-state index is 0.748. The highest BCUT2D eigenvalue weighted by atomic mass is 15.1. The van der Waals surface area contributed by atoms with E-state index in [1.807, 2.05) is 30.5 Å². The maximum atomic E-state index is 5.76. The topological polar surface area (TPSA) is 54.2 Å². The standard InChI is InChI=1S/C14H20N4/c1-3-18(2)9-8-17-13-6-7-16-14-10-11(15)4-5-12(13)14/h4-7,10H,3,8-9,15H2,1-2H3,(H,16,17). The second-order valence-corrected chi connectivity index (χ2v) is 4.46. The molecule has 18 heavy (non-hydrogen) atoms. The summed E-state index contributed by atoms with van der Waals surface area (Å²) in [5.74, 6) is 0. The van der Waals surface area contributed by atoms with Crippen molar-refractivity contribution < 1.29 is 0 Å². The molecule has 1 aromatic heterocycles. The lowest BCUT2D eigenvalue weighted by atomic mass is 10.1. The van der Waals surface area contributed by atoms with Crippen molar-refractivity contribution in [3.63, 3.8) is 0 Å². The quantitative estimate of drug-likeness (QED) is 0.792. The molecule has 0 radical (unpaired) electrons. The van der Waals surface area contributed by atoms with Gasteiger partial charge in [0.1, 0.15) is 0 Å². The minimum Gasteiger partial charge on any atom is -0.399 e. The van der Waals surface area contributed by atoms with Crippen LogP contribution in [0.25, 0.3) is 10.9 Å². The summed E-state index contributed by atoms with van der Waals surface area (Å²) in [7, 11) is 2.12. The number of nitrogens with two attached hydrogens (primary N) is 1. The summed E-state index contributed by atoms with van der Waals surface area (Å²) in [4.78, 5) is 6.60. The Morgan fingerprint density at radius 1 is 1.33 bits per heavy atom. The Morgan fingerprint density at radius 3 is 2.94 bits per heavy atom. The van der Waals surface area contributed by atoms with E-state index in [1.165, 1.54) is 0 Å². The molecule has 0 amide bonds. The first-order chi connectivity index (χ1) is 8.70.